The van der Waals surface area contributed by atoms with E-state index < -0.39 is 5.97 Å². The van der Waals surface area contributed by atoms with Gasteiger partial charge in [0.1, 0.15) is 0 Å². The van der Waals surface area contributed by atoms with E-state index in [1.165, 1.54) is 6.92 Å². The van der Waals surface area contributed by atoms with Gasteiger partial charge in [-0.05, 0) is 32.1 Å². The van der Waals surface area contributed by atoms with Crippen LogP contribution in [-0.4, -0.2) is 53.1 Å². The lowest BCUT2D eigenvalue weighted by molar-refractivity contribution is -0.142. The summed E-state index contributed by atoms with van der Waals surface area (Å²) in [5.41, 5.74) is 0. The highest BCUT2D eigenvalue weighted by Gasteiger charge is 2.30. The van der Waals surface area contributed by atoms with Crippen molar-refractivity contribution in [2.24, 2.45) is 5.92 Å². The molecule has 0 aromatic carbocycles. The van der Waals surface area contributed by atoms with E-state index in [0.29, 0.717) is 38.8 Å². The Bertz CT molecular complexity index is 418. The van der Waals surface area contributed by atoms with Crippen LogP contribution in [0.5, 0.6) is 0 Å². The number of hydrogen-bond donors (Lipinski definition) is 3. The quantitative estimate of drug-likeness (QED) is 0.708. The molecule has 1 saturated carbocycles. The second-order valence-electron chi connectivity index (χ2n) is 5.97. The number of carboxylic acid groups (broad SMARTS) is 1. The monoisotopic (exact) mass is 297 g/mol. The number of nitrogens with one attached hydrogen (secondary N) is 2. The Hall–Kier alpha value is -1.79. The van der Waals surface area contributed by atoms with Gasteiger partial charge in [0.2, 0.25) is 5.91 Å². The molecule has 0 spiro atoms. The standard InChI is InChI=1S/C14H23N3O4/c1-9(18)15-12-6-7-17(8-12)14(21)16-11-4-2-10(3-5-11)13(19)20/h10-12H,2-8H2,1H3,(H,15,18)(H,16,21)(H,19,20). The van der Waals surface area contributed by atoms with Gasteiger partial charge in [-0.2, -0.15) is 0 Å². The van der Waals surface area contributed by atoms with Crippen LogP contribution in [0.4, 0.5) is 4.79 Å². The molecule has 2 aliphatic rings. The topological polar surface area (TPSA) is 98.7 Å². The minimum absolute atomic E-state index is 0.0380. The third kappa shape index (κ3) is 4.34. The predicted molar refractivity (Wildman–Crippen MR) is 75.7 cm³/mol. The number of carbonyl (C=O) groups is 3. The number of nitrogens with zero attached hydrogens (tertiary/aromatic N) is 1. The minimum Gasteiger partial charge on any atom is -0.481 e. The molecule has 7 heteroatoms. The highest BCUT2D eigenvalue weighted by molar-refractivity contribution is 5.76. The van der Waals surface area contributed by atoms with Gasteiger partial charge in [-0.15, -0.1) is 0 Å². The van der Waals surface area contributed by atoms with Crippen LogP contribution in [0.1, 0.15) is 39.0 Å². The summed E-state index contributed by atoms with van der Waals surface area (Å²) in [5, 5.41) is 14.7. The van der Waals surface area contributed by atoms with Crippen LogP contribution in [0.25, 0.3) is 0 Å². The Morgan fingerprint density at radius 2 is 1.67 bits per heavy atom. The molecule has 3 N–H and O–H groups in total. The van der Waals surface area contributed by atoms with Crippen molar-refractivity contribution < 1.29 is 19.5 Å². The summed E-state index contributed by atoms with van der Waals surface area (Å²) in [6.45, 7) is 2.65. The van der Waals surface area contributed by atoms with Gasteiger partial charge in [0.15, 0.2) is 0 Å². The van der Waals surface area contributed by atoms with E-state index in [1.54, 1.807) is 4.90 Å². The summed E-state index contributed by atoms with van der Waals surface area (Å²) in [7, 11) is 0. The summed E-state index contributed by atoms with van der Waals surface area (Å²) >= 11 is 0. The number of rotatable bonds is 3. The molecule has 1 atom stereocenters. The van der Waals surface area contributed by atoms with Crippen LogP contribution in [0.3, 0.4) is 0 Å². The van der Waals surface area contributed by atoms with E-state index >= 15 is 0 Å². The second-order valence-corrected chi connectivity index (χ2v) is 5.97. The molecule has 0 aromatic heterocycles. The first kappa shape index (κ1) is 15.6. The van der Waals surface area contributed by atoms with Crippen LogP contribution < -0.4 is 10.6 Å². The zero-order valence-electron chi connectivity index (χ0n) is 12.3. The van der Waals surface area contributed by atoms with Crippen molar-refractivity contribution in [1.82, 2.24) is 15.5 Å². The van der Waals surface area contributed by atoms with E-state index in [9.17, 15) is 14.4 Å². The van der Waals surface area contributed by atoms with Gasteiger partial charge in [-0.1, -0.05) is 0 Å². The van der Waals surface area contributed by atoms with Gasteiger partial charge in [0, 0.05) is 32.1 Å². The molecule has 1 saturated heterocycles. The number of carboxylic acids is 1. The lowest BCUT2D eigenvalue weighted by atomic mass is 9.86. The van der Waals surface area contributed by atoms with Crippen LogP contribution in [-0.2, 0) is 9.59 Å². The Labute approximate surface area is 124 Å². The maximum absolute atomic E-state index is 12.1. The van der Waals surface area contributed by atoms with Crippen LogP contribution >= 0.6 is 0 Å². The van der Waals surface area contributed by atoms with Gasteiger partial charge < -0.3 is 20.6 Å². The van der Waals surface area contributed by atoms with E-state index in [4.69, 9.17) is 5.11 Å². The van der Waals surface area contributed by atoms with Gasteiger partial charge in [0.25, 0.3) is 0 Å². The normalized spacial score (nSPS) is 29.0. The van der Waals surface area contributed by atoms with Crippen LogP contribution in [0.15, 0.2) is 0 Å². The molecule has 0 bridgehead atoms. The molecule has 118 valence electrons. The van der Waals surface area contributed by atoms with Gasteiger partial charge in [0.05, 0.1) is 5.92 Å². The van der Waals surface area contributed by atoms with E-state index in [-0.39, 0.29) is 29.9 Å². The van der Waals surface area contributed by atoms with Crippen molar-refractivity contribution in [3.05, 3.63) is 0 Å². The third-order valence-electron chi connectivity index (χ3n) is 4.29. The summed E-state index contributed by atoms with van der Waals surface area (Å²) in [4.78, 5) is 35.7. The van der Waals surface area contributed by atoms with Gasteiger partial charge >= 0.3 is 12.0 Å². The molecule has 1 aliphatic carbocycles. The first-order valence-corrected chi connectivity index (χ1v) is 7.51. The molecule has 1 aliphatic heterocycles. The average molecular weight is 297 g/mol. The van der Waals surface area contributed by atoms with Crippen LogP contribution in [0, 0.1) is 5.92 Å². The molecule has 7 nitrogen and oxygen atoms in total. The Kier molecular flexibility index (Phi) is 5.03. The zero-order valence-corrected chi connectivity index (χ0v) is 12.3. The summed E-state index contributed by atoms with van der Waals surface area (Å²) in [5.74, 6) is -1.08. The fraction of sp³-hybridized carbons (Fsp3) is 0.786. The smallest absolute Gasteiger partial charge is 0.317 e. The lowest BCUT2D eigenvalue weighted by Gasteiger charge is -2.28. The molecule has 0 aromatic rings. The fourth-order valence-corrected chi connectivity index (χ4v) is 3.10. The fourth-order valence-electron chi connectivity index (χ4n) is 3.10. The van der Waals surface area contributed by atoms with Crippen molar-refractivity contribution in [2.75, 3.05) is 13.1 Å². The van der Waals surface area contributed by atoms with Crippen molar-refractivity contribution >= 4 is 17.9 Å². The zero-order chi connectivity index (χ0) is 15.4. The number of hydrogen-bond acceptors (Lipinski definition) is 3. The Balaban J connectivity index is 1.73. The molecule has 21 heavy (non-hydrogen) atoms. The predicted octanol–water partition coefficient (Wildman–Crippen LogP) is 0.550. The molecule has 1 unspecified atom stereocenters. The Morgan fingerprint density at radius 3 is 2.24 bits per heavy atom. The summed E-state index contributed by atoms with van der Waals surface area (Å²) < 4.78 is 0. The number of amides is 3. The van der Waals surface area contributed by atoms with Gasteiger partial charge in [-0.3, -0.25) is 9.59 Å². The molecule has 2 fully saturated rings. The molecule has 3 amide bonds. The number of carbonyl (C=O) groups excluding carboxylic acids is 2. The average Bonchev–Trinajstić information content (AvgIpc) is 2.87. The number of likely N-dealkylation sites (tertiary alicyclic amines) is 1. The van der Waals surface area contributed by atoms with Crippen molar-refractivity contribution in [1.29, 1.82) is 0 Å². The van der Waals surface area contributed by atoms with Crippen molar-refractivity contribution in [3.8, 4) is 0 Å². The number of urea groups is 1. The molecule has 1 heterocycles. The van der Waals surface area contributed by atoms with Crippen molar-refractivity contribution in [3.63, 3.8) is 0 Å². The highest BCUT2D eigenvalue weighted by Crippen LogP contribution is 2.24. The maximum atomic E-state index is 12.1. The lowest BCUT2D eigenvalue weighted by Crippen LogP contribution is -2.46. The Morgan fingerprint density at radius 1 is 1.00 bits per heavy atom. The first-order chi connectivity index (χ1) is 9.95. The van der Waals surface area contributed by atoms with Gasteiger partial charge in [-0.25, -0.2) is 4.79 Å². The largest absolute Gasteiger partial charge is 0.481 e. The maximum Gasteiger partial charge on any atom is 0.317 e. The molecular formula is C14H23N3O4. The summed E-state index contributed by atoms with van der Waals surface area (Å²) in [6.07, 6.45) is 3.44. The molecular weight excluding hydrogens is 274 g/mol. The number of aliphatic carboxylic acids is 1. The highest BCUT2D eigenvalue weighted by atomic mass is 16.4. The van der Waals surface area contributed by atoms with E-state index in [2.05, 4.69) is 10.6 Å². The first-order valence-electron chi connectivity index (χ1n) is 7.51. The second kappa shape index (κ2) is 6.78. The van der Waals surface area contributed by atoms with E-state index in [1.807, 2.05) is 0 Å². The molecule has 2 rings (SSSR count). The summed E-state index contributed by atoms with van der Waals surface area (Å²) in [6, 6.07) is -0.00876. The SMILES string of the molecule is CC(=O)NC1CCN(C(=O)NC2CCC(C(=O)O)CC2)C1. The van der Waals surface area contributed by atoms with E-state index in [0.717, 1.165) is 6.42 Å². The third-order valence-corrected chi connectivity index (χ3v) is 4.29. The minimum atomic E-state index is -0.738. The van der Waals surface area contributed by atoms with Crippen molar-refractivity contribution in [2.45, 2.75) is 51.1 Å². The van der Waals surface area contributed by atoms with Crippen LogP contribution in [0.2, 0.25) is 0 Å². The molecule has 0 radical (unpaired) electrons.